The van der Waals surface area contributed by atoms with Gasteiger partial charge in [0, 0.05) is 37.4 Å². The Bertz CT molecular complexity index is 1270. The zero-order valence-electron chi connectivity index (χ0n) is 18.6. The quantitative estimate of drug-likeness (QED) is 0.415. The number of thiophene rings is 1. The lowest BCUT2D eigenvalue weighted by Gasteiger charge is -2.34. The molecular weight excluding hydrogens is 458 g/mol. The standard InChI is InChI=1S/C24H26ClN5O2S/c1-15(2)29-10-7-16(8-11-29)27-24(31)20-13-18-19(4-3-9-26-18)30(20)14-17-12-21(32-28-17)22-5-6-23(25)33-22/h3-6,9,12-13,15-16H,7-8,10-11,14H2,1-2H3,(H,27,31). The fourth-order valence-electron chi connectivity index (χ4n) is 4.37. The summed E-state index contributed by atoms with van der Waals surface area (Å²) in [6.45, 7) is 6.84. The van der Waals surface area contributed by atoms with Gasteiger partial charge in [-0.05, 0) is 57.0 Å². The number of aromatic nitrogens is 3. The minimum absolute atomic E-state index is 0.0789. The van der Waals surface area contributed by atoms with Crippen LogP contribution in [0.5, 0.6) is 0 Å². The van der Waals surface area contributed by atoms with E-state index in [1.165, 1.54) is 11.3 Å². The highest BCUT2D eigenvalue weighted by Crippen LogP contribution is 2.31. The van der Waals surface area contributed by atoms with Gasteiger partial charge in [-0.3, -0.25) is 9.78 Å². The topological polar surface area (TPSA) is 76.2 Å². The van der Waals surface area contributed by atoms with Gasteiger partial charge in [-0.25, -0.2) is 0 Å². The highest BCUT2D eigenvalue weighted by Gasteiger charge is 2.25. The van der Waals surface area contributed by atoms with Gasteiger partial charge in [0.2, 0.25) is 0 Å². The zero-order chi connectivity index (χ0) is 22.9. The van der Waals surface area contributed by atoms with Crippen LogP contribution in [0.15, 0.2) is 47.1 Å². The molecule has 0 saturated carbocycles. The Morgan fingerprint density at radius 2 is 2.09 bits per heavy atom. The first-order valence-electron chi connectivity index (χ1n) is 11.2. The minimum atomic E-state index is -0.0789. The van der Waals surface area contributed by atoms with Gasteiger partial charge in [-0.1, -0.05) is 16.8 Å². The molecule has 1 aliphatic heterocycles. The Morgan fingerprint density at radius 1 is 1.27 bits per heavy atom. The number of piperidine rings is 1. The van der Waals surface area contributed by atoms with Crippen molar-refractivity contribution < 1.29 is 9.32 Å². The van der Waals surface area contributed by atoms with Gasteiger partial charge in [0.15, 0.2) is 5.76 Å². The van der Waals surface area contributed by atoms with E-state index < -0.39 is 0 Å². The molecule has 9 heteroatoms. The molecule has 1 amide bonds. The number of carbonyl (C=O) groups excluding carboxylic acids is 1. The van der Waals surface area contributed by atoms with E-state index in [0.29, 0.717) is 28.4 Å². The Labute approximate surface area is 201 Å². The predicted octanol–water partition coefficient (Wildman–Crippen LogP) is 5.06. The summed E-state index contributed by atoms with van der Waals surface area (Å²) in [6, 6.07) is 12.1. The number of hydrogen-bond acceptors (Lipinski definition) is 6. The average Bonchev–Trinajstić information content (AvgIpc) is 3.53. The van der Waals surface area contributed by atoms with Crippen molar-refractivity contribution in [1.82, 2.24) is 24.9 Å². The second-order valence-electron chi connectivity index (χ2n) is 8.69. The molecule has 7 nitrogen and oxygen atoms in total. The molecule has 0 bridgehead atoms. The van der Waals surface area contributed by atoms with Gasteiger partial charge < -0.3 is 19.3 Å². The SMILES string of the molecule is CC(C)N1CCC(NC(=O)c2cc3ncccc3n2Cc2cc(-c3ccc(Cl)s3)on2)CC1. The summed E-state index contributed by atoms with van der Waals surface area (Å²) in [6.07, 6.45) is 3.65. The number of pyridine rings is 1. The summed E-state index contributed by atoms with van der Waals surface area (Å²) in [7, 11) is 0. The monoisotopic (exact) mass is 483 g/mol. The summed E-state index contributed by atoms with van der Waals surface area (Å²) in [5, 5.41) is 7.48. The summed E-state index contributed by atoms with van der Waals surface area (Å²) in [5.41, 5.74) is 2.99. The molecular formula is C24H26ClN5O2S. The second kappa shape index (κ2) is 9.29. The molecule has 4 aromatic rings. The van der Waals surface area contributed by atoms with Crippen molar-refractivity contribution in [3.05, 3.63) is 58.3 Å². The molecule has 0 aromatic carbocycles. The van der Waals surface area contributed by atoms with Crippen LogP contribution in [0.1, 0.15) is 42.9 Å². The molecule has 4 aromatic heterocycles. The molecule has 0 radical (unpaired) electrons. The number of fused-ring (bicyclic) bond motifs is 1. The molecule has 1 N–H and O–H groups in total. The third kappa shape index (κ3) is 4.69. The first kappa shape index (κ1) is 22.1. The van der Waals surface area contributed by atoms with Gasteiger partial charge in [0.05, 0.1) is 26.8 Å². The third-order valence-electron chi connectivity index (χ3n) is 6.19. The van der Waals surface area contributed by atoms with Crippen LogP contribution in [0.4, 0.5) is 0 Å². The van der Waals surface area contributed by atoms with Crippen molar-refractivity contribution >= 4 is 39.9 Å². The lowest BCUT2D eigenvalue weighted by atomic mass is 10.0. The minimum Gasteiger partial charge on any atom is -0.355 e. The van der Waals surface area contributed by atoms with E-state index in [-0.39, 0.29) is 11.9 Å². The maximum absolute atomic E-state index is 13.3. The molecule has 172 valence electrons. The smallest absolute Gasteiger partial charge is 0.268 e. The molecule has 0 atom stereocenters. The van der Waals surface area contributed by atoms with E-state index in [0.717, 1.165) is 47.5 Å². The van der Waals surface area contributed by atoms with Gasteiger partial charge >= 0.3 is 0 Å². The van der Waals surface area contributed by atoms with Crippen LogP contribution in [0.3, 0.4) is 0 Å². The Morgan fingerprint density at radius 3 is 2.82 bits per heavy atom. The van der Waals surface area contributed by atoms with Crippen LogP contribution in [-0.4, -0.2) is 50.7 Å². The molecule has 0 unspecified atom stereocenters. The molecule has 1 saturated heterocycles. The van der Waals surface area contributed by atoms with Crippen molar-refractivity contribution in [2.75, 3.05) is 13.1 Å². The largest absolute Gasteiger partial charge is 0.355 e. The number of likely N-dealkylation sites (tertiary alicyclic amines) is 1. The molecule has 5 rings (SSSR count). The van der Waals surface area contributed by atoms with Crippen molar-refractivity contribution in [3.8, 4) is 10.6 Å². The fraction of sp³-hybridized carbons (Fsp3) is 0.375. The summed E-state index contributed by atoms with van der Waals surface area (Å²) >= 11 is 7.50. The van der Waals surface area contributed by atoms with Crippen molar-refractivity contribution in [3.63, 3.8) is 0 Å². The number of carbonyl (C=O) groups is 1. The highest BCUT2D eigenvalue weighted by molar-refractivity contribution is 7.19. The van der Waals surface area contributed by atoms with Crippen LogP contribution in [0.2, 0.25) is 4.34 Å². The fourth-order valence-corrected chi connectivity index (χ4v) is 5.37. The number of amides is 1. The van der Waals surface area contributed by atoms with Crippen molar-refractivity contribution in [1.29, 1.82) is 0 Å². The zero-order valence-corrected chi connectivity index (χ0v) is 20.2. The summed E-state index contributed by atoms with van der Waals surface area (Å²) < 4.78 is 8.20. The first-order valence-corrected chi connectivity index (χ1v) is 12.4. The van der Waals surface area contributed by atoms with Crippen molar-refractivity contribution in [2.45, 2.75) is 45.3 Å². The lowest BCUT2D eigenvalue weighted by Crippen LogP contribution is -2.46. The molecule has 5 heterocycles. The third-order valence-corrected chi connectivity index (χ3v) is 7.44. The Kier molecular flexibility index (Phi) is 6.23. The normalized spacial score (nSPS) is 15.5. The summed E-state index contributed by atoms with van der Waals surface area (Å²) in [5.74, 6) is 0.587. The number of hydrogen-bond donors (Lipinski definition) is 1. The van der Waals surface area contributed by atoms with Gasteiger partial charge in [0.25, 0.3) is 5.91 Å². The van der Waals surface area contributed by atoms with E-state index in [1.807, 2.05) is 41.0 Å². The predicted molar refractivity (Wildman–Crippen MR) is 131 cm³/mol. The first-order chi connectivity index (χ1) is 16.0. The van der Waals surface area contributed by atoms with E-state index in [9.17, 15) is 4.79 Å². The van der Waals surface area contributed by atoms with E-state index >= 15 is 0 Å². The van der Waals surface area contributed by atoms with Gasteiger partial charge in [0.1, 0.15) is 11.4 Å². The summed E-state index contributed by atoms with van der Waals surface area (Å²) in [4.78, 5) is 21.1. The Hall–Kier alpha value is -2.68. The maximum atomic E-state index is 13.3. The molecule has 33 heavy (non-hydrogen) atoms. The molecule has 0 spiro atoms. The van der Waals surface area contributed by atoms with Crippen LogP contribution in [0.25, 0.3) is 21.7 Å². The second-order valence-corrected chi connectivity index (χ2v) is 10.4. The number of nitrogens with one attached hydrogen (secondary N) is 1. The maximum Gasteiger partial charge on any atom is 0.268 e. The molecule has 1 fully saturated rings. The average molecular weight is 484 g/mol. The van der Waals surface area contributed by atoms with Crippen LogP contribution < -0.4 is 5.32 Å². The van der Waals surface area contributed by atoms with E-state index in [4.69, 9.17) is 16.1 Å². The van der Waals surface area contributed by atoms with Crippen LogP contribution >= 0.6 is 22.9 Å². The van der Waals surface area contributed by atoms with Crippen LogP contribution in [-0.2, 0) is 6.54 Å². The molecule has 1 aliphatic rings. The van der Waals surface area contributed by atoms with Crippen LogP contribution in [0, 0.1) is 0 Å². The van der Waals surface area contributed by atoms with E-state index in [2.05, 4.69) is 34.2 Å². The lowest BCUT2D eigenvalue weighted by molar-refractivity contribution is 0.0892. The number of rotatable bonds is 6. The van der Waals surface area contributed by atoms with Gasteiger partial charge in [-0.15, -0.1) is 11.3 Å². The van der Waals surface area contributed by atoms with Gasteiger partial charge in [-0.2, -0.15) is 0 Å². The highest BCUT2D eigenvalue weighted by atomic mass is 35.5. The number of nitrogens with zero attached hydrogens (tertiary/aromatic N) is 4. The Balaban J connectivity index is 1.38. The van der Waals surface area contributed by atoms with E-state index in [1.54, 1.807) is 6.20 Å². The van der Waals surface area contributed by atoms with Crippen molar-refractivity contribution in [2.24, 2.45) is 0 Å². The number of halogens is 1. The molecule has 0 aliphatic carbocycles.